The first-order valence-corrected chi connectivity index (χ1v) is 4.89. The Balaban J connectivity index is 2.95. The van der Waals surface area contributed by atoms with Gasteiger partial charge in [0.05, 0.1) is 12.1 Å². The normalized spacial score (nSPS) is 11.3. The van der Waals surface area contributed by atoms with Gasteiger partial charge in [-0.05, 0) is 19.9 Å². The second-order valence-corrected chi connectivity index (χ2v) is 4.20. The van der Waals surface area contributed by atoms with E-state index in [9.17, 15) is 9.18 Å². The zero-order valence-corrected chi connectivity index (χ0v) is 9.57. The van der Waals surface area contributed by atoms with Crippen LogP contribution in [0.1, 0.15) is 24.2 Å². The number of pyridine rings is 1. The second-order valence-electron chi connectivity index (χ2n) is 4.20. The van der Waals surface area contributed by atoms with Gasteiger partial charge in [-0.15, -0.1) is 0 Å². The molecule has 0 bridgehead atoms. The minimum absolute atomic E-state index is 0.164. The fourth-order valence-corrected chi connectivity index (χ4v) is 1.11. The fourth-order valence-electron chi connectivity index (χ4n) is 1.11. The Labute approximate surface area is 93.7 Å². The maximum absolute atomic E-state index is 12.8. The number of aliphatic hydroxyl groups is 1. The van der Waals surface area contributed by atoms with Crippen molar-refractivity contribution in [1.29, 1.82) is 0 Å². The van der Waals surface area contributed by atoms with E-state index in [2.05, 4.69) is 4.98 Å². The highest BCUT2D eigenvalue weighted by Crippen LogP contribution is 2.15. The van der Waals surface area contributed by atoms with E-state index in [1.165, 1.54) is 17.2 Å². The summed E-state index contributed by atoms with van der Waals surface area (Å²) >= 11 is 0. The molecule has 0 saturated heterocycles. The molecule has 1 amide bonds. The van der Waals surface area contributed by atoms with Crippen molar-refractivity contribution in [3.8, 4) is 0 Å². The quantitative estimate of drug-likeness (QED) is 0.784. The standard InChI is InChI=1S/C11H15FN2O2/c1-11(2,7-15)14(3)10(16)8-4-5-13-9(12)6-8/h4-6,15H,7H2,1-3H3. The van der Waals surface area contributed by atoms with Crippen LogP contribution in [0.2, 0.25) is 0 Å². The van der Waals surface area contributed by atoms with E-state index < -0.39 is 11.5 Å². The largest absolute Gasteiger partial charge is 0.394 e. The Morgan fingerprint density at radius 1 is 1.62 bits per heavy atom. The maximum Gasteiger partial charge on any atom is 0.254 e. The number of nitrogens with zero attached hydrogens (tertiary/aromatic N) is 2. The summed E-state index contributed by atoms with van der Waals surface area (Å²) in [5, 5.41) is 9.13. The monoisotopic (exact) mass is 226 g/mol. The van der Waals surface area contributed by atoms with Crippen LogP contribution in [0.5, 0.6) is 0 Å². The van der Waals surface area contributed by atoms with Crippen molar-refractivity contribution in [3.05, 3.63) is 29.8 Å². The number of likely N-dealkylation sites (N-methyl/N-ethyl adjacent to an activating group) is 1. The van der Waals surface area contributed by atoms with Crippen LogP contribution in [0.4, 0.5) is 4.39 Å². The predicted molar refractivity (Wildman–Crippen MR) is 57.5 cm³/mol. The molecule has 0 spiro atoms. The molecule has 0 aliphatic rings. The molecular weight excluding hydrogens is 211 g/mol. The zero-order chi connectivity index (χ0) is 12.3. The molecule has 0 atom stereocenters. The molecule has 1 aromatic rings. The van der Waals surface area contributed by atoms with Crippen molar-refractivity contribution in [2.75, 3.05) is 13.7 Å². The Bertz CT molecular complexity index is 393. The van der Waals surface area contributed by atoms with Gasteiger partial charge in [0.1, 0.15) is 0 Å². The van der Waals surface area contributed by atoms with Crippen LogP contribution < -0.4 is 0 Å². The number of halogens is 1. The second kappa shape index (κ2) is 4.57. The van der Waals surface area contributed by atoms with Gasteiger partial charge >= 0.3 is 0 Å². The first kappa shape index (κ1) is 12.6. The van der Waals surface area contributed by atoms with Crippen LogP contribution in [-0.4, -0.2) is 40.1 Å². The van der Waals surface area contributed by atoms with Crippen molar-refractivity contribution in [2.24, 2.45) is 0 Å². The molecule has 16 heavy (non-hydrogen) atoms. The molecule has 1 aromatic heterocycles. The van der Waals surface area contributed by atoms with Crippen LogP contribution in [-0.2, 0) is 0 Å². The van der Waals surface area contributed by atoms with E-state index in [0.717, 1.165) is 6.07 Å². The van der Waals surface area contributed by atoms with E-state index in [4.69, 9.17) is 5.11 Å². The molecule has 0 saturated carbocycles. The van der Waals surface area contributed by atoms with Gasteiger partial charge in [0.2, 0.25) is 5.95 Å². The van der Waals surface area contributed by atoms with Gasteiger partial charge < -0.3 is 10.0 Å². The number of aromatic nitrogens is 1. The lowest BCUT2D eigenvalue weighted by atomic mass is 10.0. The summed E-state index contributed by atoms with van der Waals surface area (Å²) in [5.74, 6) is -1.04. The lowest BCUT2D eigenvalue weighted by Crippen LogP contribution is -2.47. The average Bonchev–Trinajstić information content (AvgIpc) is 2.27. The van der Waals surface area contributed by atoms with E-state index in [1.807, 2.05) is 0 Å². The minimum Gasteiger partial charge on any atom is -0.394 e. The van der Waals surface area contributed by atoms with Crippen LogP contribution in [0, 0.1) is 5.95 Å². The third-order valence-corrected chi connectivity index (χ3v) is 2.57. The summed E-state index contributed by atoms with van der Waals surface area (Å²) in [7, 11) is 1.57. The van der Waals surface area contributed by atoms with Gasteiger partial charge in [-0.3, -0.25) is 4.79 Å². The lowest BCUT2D eigenvalue weighted by Gasteiger charge is -2.33. The Morgan fingerprint density at radius 3 is 2.75 bits per heavy atom. The molecule has 0 aliphatic carbocycles. The molecular formula is C11H15FN2O2. The number of hydrogen-bond donors (Lipinski definition) is 1. The highest BCUT2D eigenvalue weighted by molar-refractivity contribution is 5.94. The molecule has 0 radical (unpaired) electrons. The van der Waals surface area contributed by atoms with Crippen LogP contribution in [0.3, 0.4) is 0 Å². The molecule has 1 N–H and O–H groups in total. The number of aliphatic hydroxyl groups excluding tert-OH is 1. The minimum atomic E-state index is -0.693. The molecule has 0 aromatic carbocycles. The number of carbonyl (C=O) groups excluding carboxylic acids is 1. The smallest absolute Gasteiger partial charge is 0.254 e. The average molecular weight is 226 g/mol. The topological polar surface area (TPSA) is 53.4 Å². The van der Waals surface area contributed by atoms with Gasteiger partial charge in [-0.25, -0.2) is 4.98 Å². The fraction of sp³-hybridized carbons (Fsp3) is 0.455. The molecule has 4 nitrogen and oxygen atoms in total. The number of amides is 1. The van der Waals surface area contributed by atoms with Gasteiger partial charge in [-0.2, -0.15) is 4.39 Å². The molecule has 88 valence electrons. The first-order valence-electron chi connectivity index (χ1n) is 4.89. The summed E-state index contributed by atoms with van der Waals surface area (Å²) < 4.78 is 12.8. The van der Waals surface area contributed by atoms with E-state index in [0.29, 0.717) is 0 Å². The molecule has 1 heterocycles. The van der Waals surface area contributed by atoms with Crippen molar-refractivity contribution < 1.29 is 14.3 Å². The highest BCUT2D eigenvalue weighted by atomic mass is 19.1. The Hall–Kier alpha value is -1.49. The first-order chi connectivity index (χ1) is 7.38. The number of carbonyl (C=O) groups is 1. The number of hydrogen-bond acceptors (Lipinski definition) is 3. The zero-order valence-electron chi connectivity index (χ0n) is 9.57. The van der Waals surface area contributed by atoms with Gasteiger partial charge in [0.25, 0.3) is 5.91 Å². The molecule has 1 rings (SSSR count). The van der Waals surface area contributed by atoms with Gasteiger partial charge in [0, 0.05) is 24.9 Å². The summed E-state index contributed by atoms with van der Waals surface area (Å²) in [6, 6.07) is 2.52. The third-order valence-electron chi connectivity index (χ3n) is 2.57. The van der Waals surface area contributed by atoms with E-state index in [-0.39, 0.29) is 18.1 Å². The summed E-state index contributed by atoms with van der Waals surface area (Å²) in [6.07, 6.45) is 1.24. The SMILES string of the molecule is CN(C(=O)c1ccnc(F)c1)C(C)(C)CO. The Kier molecular flexibility index (Phi) is 3.59. The van der Waals surface area contributed by atoms with Crippen molar-refractivity contribution in [1.82, 2.24) is 9.88 Å². The highest BCUT2D eigenvalue weighted by Gasteiger charge is 2.27. The Morgan fingerprint density at radius 2 is 2.25 bits per heavy atom. The summed E-state index contributed by atoms with van der Waals surface area (Å²) in [4.78, 5) is 16.7. The van der Waals surface area contributed by atoms with Gasteiger partial charge in [0.15, 0.2) is 0 Å². The maximum atomic E-state index is 12.8. The lowest BCUT2D eigenvalue weighted by molar-refractivity contribution is 0.0472. The van der Waals surface area contributed by atoms with E-state index >= 15 is 0 Å². The number of rotatable bonds is 3. The molecule has 0 aliphatic heterocycles. The van der Waals surface area contributed by atoms with E-state index in [1.54, 1.807) is 20.9 Å². The van der Waals surface area contributed by atoms with Crippen LogP contribution in [0.25, 0.3) is 0 Å². The van der Waals surface area contributed by atoms with Crippen molar-refractivity contribution >= 4 is 5.91 Å². The molecule has 0 unspecified atom stereocenters. The van der Waals surface area contributed by atoms with Crippen LogP contribution in [0.15, 0.2) is 18.3 Å². The van der Waals surface area contributed by atoms with Crippen molar-refractivity contribution in [3.63, 3.8) is 0 Å². The summed E-state index contributed by atoms with van der Waals surface area (Å²) in [5.41, 5.74) is -0.465. The summed E-state index contributed by atoms with van der Waals surface area (Å²) in [6.45, 7) is 3.29. The third kappa shape index (κ3) is 2.55. The van der Waals surface area contributed by atoms with Crippen LogP contribution >= 0.6 is 0 Å². The molecule has 5 heteroatoms. The van der Waals surface area contributed by atoms with Crippen molar-refractivity contribution in [2.45, 2.75) is 19.4 Å². The van der Waals surface area contributed by atoms with Gasteiger partial charge in [-0.1, -0.05) is 0 Å². The molecule has 0 fully saturated rings. The predicted octanol–water partition coefficient (Wildman–Crippen LogP) is 1.06.